The van der Waals surface area contributed by atoms with Gasteiger partial charge in [-0.1, -0.05) is 6.07 Å². The van der Waals surface area contributed by atoms with Crippen LogP contribution in [0.2, 0.25) is 0 Å². The summed E-state index contributed by atoms with van der Waals surface area (Å²) in [7, 11) is 0. The summed E-state index contributed by atoms with van der Waals surface area (Å²) >= 11 is 0. The van der Waals surface area contributed by atoms with Crippen LogP contribution in [0.5, 0.6) is 0 Å². The molecule has 0 radical (unpaired) electrons. The lowest BCUT2D eigenvalue weighted by Crippen LogP contribution is -2.34. The van der Waals surface area contributed by atoms with Gasteiger partial charge in [0.15, 0.2) is 0 Å². The standard InChI is InChI=1S/C10H14N2O2/c13-7-8-2-1-3-12-10(8)9-6-11-4-5-14-9/h1-3,9,11,13H,4-7H2. The van der Waals surface area contributed by atoms with E-state index in [1.165, 1.54) is 0 Å². The van der Waals surface area contributed by atoms with Gasteiger partial charge in [0.25, 0.3) is 0 Å². The van der Waals surface area contributed by atoms with E-state index in [9.17, 15) is 0 Å². The molecule has 0 aromatic carbocycles. The molecule has 1 unspecified atom stereocenters. The van der Waals surface area contributed by atoms with Gasteiger partial charge in [0.1, 0.15) is 6.10 Å². The summed E-state index contributed by atoms with van der Waals surface area (Å²) in [4.78, 5) is 4.25. The lowest BCUT2D eigenvalue weighted by Gasteiger charge is -2.24. The quantitative estimate of drug-likeness (QED) is 0.708. The highest BCUT2D eigenvalue weighted by Gasteiger charge is 2.19. The van der Waals surface area contributed by atoms with E-state index < -0.39 is 0 Å². The van der Waals surface area contributed by atoms with Crippen LogP contribution in [0.3, 0.4) is 0 Å². The van der Waals surface area contributed by atoms with Crippen LogP contribution < -0.4 is 5.32 Å². The molecule has 1 fully saturated rings. The Morgan fingerprint density at radius 2 is 2.57 bits per heavy atom. The molecule has 0 amide bonds. The summed E-state index contributed by atoms with van der Waals surface area (Å²) in [5.41, 5.74) is 1.70. The van der Waals surface area contributed by atoms with E-state index in [4.69, 9.17) is 9.84 Å². The van der Waals surface area contributed by atoms with Crippen molar-refractivity contribution in [3.63, 3.8) is 0 Å². The van der Waals surface area contributed by atoms with Crippen molar-refractivity contribution in [2.75, 3.05) is 19.7 Å². The zero-order valence-corrected chi connectivity index (χ0v) is 7.94. The van der Waals surface area contributed by atoms with Gasteiger partial charge in [-0.2, -0.15) is 0 Å². The second-order valence-electron chi connectivity index (χ2n) is 3.27. The van der Waals surface area contributed by atoms with Crippen LogP contribution >= 0.6 is 0 Å². The molecule has 4 nitrogen and oxygen atoms in total. The van der Waals surface area contributed by atoms with Gasteiger partial charge in [-0.05, 0) is 6.07 Å². The molecular weight excluding hydrogens is 180 g/mol. The Morgan fingerprint density at radius 1 is 1.64 bits per heavy atom. The number of ether oxygens (including phenoxy) is 1. The maximum atomic E-state index is 9.13. The predicted octanol–water partition coefficient (Wildman–Crippen LogP) is 0.235. The summed E-state index contributed by atoms with van der Waals surface area (Å²) in [6, 6.07) is 3.70. The minimum atomic E-state index is -0.0212. The van der Waals surface area contributed by atoms with Crippen LogP contribution in [-0.4, -0.2) is 29.8 Å². The van der Waals surface area contributed by atoms with Crippen LogP contribution in [0.1, 0.15) is 17.4 Å². The van der Waals surface area contributed by atoms with Crippen LogP contribution in [-0.2, 0) is 11.3 Å². The molecule has 1 saturated heterocycles. The smallest absolute Gasteiger partial charge is 0.112 e. The Balaban J connectivity index is 2.20. The largest absolute Gasteiger partial charge is 0.392 e. The molecule has 1 aromatic heterocycles. The van der Waals surface area contributed by atoms with Crippen molar-refractivity contribution in [3.8, 4) is 0 Å². The van der Waals surface area contributed by atoms with E-state index in [1.807, 2.05) is 12.1 Å². The summed E-state index contributed by atoms with van der Waals surface area (Å²) in [6.07, 6.45) is 1.71. The maximum absolute atomic E-state index is 9.13. The topological polar surface area (TPSA) is 54.4 Å². The van der Waals surface area contributed by atoms with Crippen LogP contribution in [0.4, 0.5) is 0 Å². The molecule has 1 aliphatic rings. The van der Waals surface area contributed by atoms with Crippen molar-refractivity contribution in [1.29, 1.82) is 0 Å². The van der Waals surface area contributed by atoms with Gasteiger partial charge >= 0.3 is 0 Å². The van der Waals surface area contributed by atoms with E-state index in [1.54, 1.807) is 6.20 Å². The molecule has 4 heteroatoms. The van der Waals surface area contributed by atoms with Gasteiger partial charge in [-0.25, -0.2) is 0 Å². The van der Waals surface area contributed by atoms with Gasteiger partial charge < -0.3 is 15.2 Å². The van der Waals surface area contributed by atoms with E-state index >= 15 is 0 Å². The lowest BCUT2D eigenvalue weighted by atomic mass is 10.1. The molecule has 2 rings (SSSR count). The second-order valence-corrected chi connectivity index (χ2v) is 3.27. The third kappa shape index (κ3) is 1.92. The van der Waals surface area contributed by atoms with Crippen LogP contribution in [0.15, 0.2) is 18.3 Å². The number of nitrogens with zero attached hydrogens (tertiary/aromatic N) is 1. The molecule has 0 bridgehead atoms. The number of aliphatic hydroxyl groups excluding tert-OH is 1. The predicted molar refractivity (Wildman–Crippen MR) is 51.7 cm³/mol. The molecule has 76 valence electrons. The van der Waals surface area contributed by atoms with E-state index in [0.29, 0.717) is 6.61 Å². The molecule has 2 N–H and O–H groups in total. The van der Waals surface area contributed by atoms with Crippen molar-refractivity contribution in [1.82, 2.24) is 10.3 Å². The highest BCUT2D eigenvalue weighted by molar-refractivity contribution is 5.21. The van der Waals surface area contributed by atoms with Crippen molar-refractivity contribution in [2.24, 2.45) is 0 Å². The molecule has 2 heterocycles. The Bertz CT molecular complexity index is 298. The molecule has 0 spiro atoms. The van der Waals surface area contributed by atoms with Crippen LogP contribution in [0, 0.1) is 0 Å². The van der Waals surface area contributed by atoms with E-state index in [2.05, 4.69) is 10.3 Å². The van der Waals surface area contributed by atoms with Gasteiger partial charge in [0.2, 0.25) is 0 Å². The Labute approximate surface area is 82.9 Å². The third-order valence-electron chi connectivity index (χ3n) is 2.33. The molecule has 14 heavy (non-hydrogen) atoms. The number of morpholine rings is 1. The normalized spacial score (nSPS) is 22.2. The maximum Gasteiger partial charge on any atom is 0.112 e. The summed E-state index contributed by atoms with van der Waals surface area (Å²) in [6.45, 7) is 2.37. The minimum Gasteiger partial charge on any atom is -0.392 e. The molecule has 1 aromatic rings. The molecule has 0 aliphatic carbocycles. The van der Waals surface area contributed by atoms with Crippen LogP contribution in [0.25, 0.3) is 0 Å². The summed E-state index contributed by atoms with van der Waals surface area (Å²) in [5, 5.41) is 12.4. The highest BCUT2D eigenvalue weighted by Crippen LogP contribution is 2.19. The Morgan fingerprint density at radius 3 is 3.29 bits per heavy atom. The monoisotopic (exact) mass is 194 g/mol. The molecule has 1 aliphatic heterocycles. The zero-order valence-electron chi connectivity index (χ0n) is 7.94. The van der Waals surface area contributed by atoms with Crippen molar-refractivity contribution in [2.45, 2.75) is 12.7 Å². The van der Waals surface area contributed by atoms with Gasteiger partial charge in [0, 0.05) is 24.8 Å². The number of hydrogen-bond acceptors (Lipinski definition) is 4. The number of aliphatic hydroxyl groups is 1. The zero-order chi connectivity index (χ0) is 9.80. The van der Waals surface area contributed by atoms with Gasteiger partial charge in [0.05, 0.1) is 18.9 Å². The lowest BCUT2D eigenvalue weighted by molar-refractivity contribution is 0.0237. The average molecular weight is 194 g/mol. The first-order chi connectivity index (χ1) is 6.92. The fourth-order valence-corrected chi connectivity index (χ4v) is 1.62. The first-order valence-corrected chi connectivity index (χ1v) is 4.79. The number of nitrogens with one attached hydrogen (secondary N) is 1. The SMILES string of the molecule is OCc1cccnc1C1CNCCO1. The highest BCUT2D eigenvalue weighted by atomic mass is 16.5. The molecule has 0 saturated carbocycles. The number of aromatic nitrogens is 1. The second kappa shape index (κ2) is 4.50. The third-order valence-corrected chi connectivity index (χ3v) is 2.33. The average Bonchev–Trinajstić information content (AvgIpc) is 2.30. The first-order valence-electron chi connectivity index (χ1n) is 4.79. The first kappa shape index (κ1) is 9.58. The summed E-state index contributed by atoms with van der Waals surface area (Å²) < 4.78 is 5.57. The van der Waals surface area contributed by atoms with Crippen molar-refractivity contribution < 1.29 is 9.84 Å². The van der Waals surface area contributed by atoms with Crippen molar-refractivity contribution in [3.05, 3.63) is 29.6 Å². The minimum absolute atomic E-state index is 0.0169. The van der Waals surface area contributed by atoms with Gasteiger partial charge in [-0.15, -0.1) is 0 Å². The summed E-state index contributed by atoms with van der Waals surface area (Å²) in [5.74, 6) is 0. The van der Waals surface area contributed by atoms with Crippen molar-refractivity contribution >= 4 is 0 Å². The number of hydrogen-bond donors (Lipinski definition) is 2. The number of rotatable bonds is 2. The Kier molecular flexibility index (Phi) is 3.08. The fourth-order valence-electron chi connectivity index (χ4n) is 1.62. The van der Waals surface area contributed by atoms with E-state index in [0.717, 1.165) is 24.3 Å². The van der Waals surface area contributed by atoms with Gasteiger partial charge in [-0.3, -0.25) is 4.98 Å². The molecular formula is C10H14N2O2. The number of pyridine rings is 1. The van der Waals surface area contributed by atoms with E-state index in [-0.39, 0.29) is 12.7 Å². The fraction of sp³-hybridized carbons (Fsp3) is 0.500. The Hall–Kier alpha value is -0.970. The molecule has 1 atom stereocenters.